The Morgan fingerprint density at radius 3 is 2.63 bits per heavy atom. The molecule has 5 heteroatoms. The number of benzene rings is 1. The van der Waals surface area contributed by atoms with E-state index >= 15 is 0 Å². The maximum Gasteiger partial charge on any atom is 0.0961 e. The number of rotatable bonds is 4. The SMILES string of the molecule is CCNC(c1cc(C)c(Cl)s1)c1cc(Br)ccc1Br. The molecule has 0 bridgehead atoms. The van der Waals surface area contributed by atoms with Crippen LogP contribution >= 0.6 is 54.8 Å². The summed E-state index contributed by atoms with van der Waals surface area (Å²) >= 11 is 15.0. The molecule has 1 atom stereocenters. The number of thiophene rings is 1. The van der Waals surface area contributed by atoms with Crippen LogP contribution < -0.4 is 5.32 Å². The number of halogens is 3. The minimum absolute atomic E-state index is 0.160. The van der Waals surface area contributed by atoms with Crippen molar-refractivity contribution in [3.63, 3.8) is 0 Å². The van der Waals surface area contributed by atoms with Gasteiger partial charge in [0.2, 0.25) is 0 Å². The van der Waals surface area contributed by atoms with Crippen LogP contribution in [-0.2, 0) is 0 Å². The number of hydrogen-bond donors (Lipinski definition) is 1. The maximum absolute atomic E-state index is 6.20. The van der Waals surface area contributed by atoms with E-state index < -0.39 is 0 Å². The Balaban J connectivity index is 2.47. The van der Waals surface area contributed by atoms with Crippen molar-refractivity contribution in [2.45, 2.75) is 19.9 Å². The zero-order valence-corrected chi connectivity index (χ0v) is 15.4. The summed E-state index contributed by atoms with van der Waals surface area (Å²) in [5.74, 6) is 0. The molecule has 0 aliphatic heterocycles. The lowest BCUT2D eigenvalue weighted by Crippen LogP contribution is -2.21. The first-order valence-corrected chi connectivity index (χ1v) is 8.75. The molecule has 1 nitrogen and oxygen atoms in total. The van der Waals surface area contributed by atoms with Crippen molar-refractivity contribution in [1.82, 2.24) is 5.32 Å². The number of nitrogens with one attached hydrogen (secondary N) is 1. The van der Waals surface area contributed by atoms with Crippen LogP contribution in [0.5, 0.6) is 0 Å². The number of aryl methyl sites for hydroxylation is 1. The van der Waals surface area contributed by atoms with E-state index in [2.05, 4.69) is 62.3 Å². The fourth-order valence-electron chi connectivity index (χ4n) is 1.93. The van der Waals surface area contributed by atoms with Crippen LogP contribution in [0.3, 0.4) is 0 Å². The standard InChI is InChI=1S/C14H14Br2ClNS/c1-3-18-13(12-6-8(2)14(17)19-12)10-7-9(15)4-5-11(10)16/h4-7,13,18H,3H2,1-2H3. The van der Waals surface area contributed by atoms with E-state index in [4.69, 9.17) is 11.6 Å². The Hall–Kier alpha value is 0.130. The molecule has 1 N–H and O–H groups in total. The summed E-state index contributed by atoms with van der Waals surface area (Å²) in [5.41, 5.74) is 2.35. The summed E-state index contributed by atoms with van der Waals surface area (Å²) in [6, 6.07) is 8.55. The van der Waals surface area contributed by atoms with Gasteiger partial charge < -0.3 is 5.32 Å². The molecule has 1 heterocycles. The Bertz CT molecular complexity index is 563. The van der Waals surface area contributed by atoms with E-state index in [1.54, 1.807) is 11.3 Å². The van der Waals surface area contributed by atoms with Gasteiger partial charge in [0.1, 0.15) is 0 Å². The van der Waals surface area contributed by atoms with Gasteiger partial charge in [0.05, 0.1) is 10.4 Å². The first-order valence-electron chi connectivity index (χ1n) is 5.97. The van der Waals surface area contributed by atoms with Crippen molar-refractivity contribution in [3.05, 3.63) is 53.6 Å². The fourth-order valence-corrected chi connectivity index (χ4v) is 4.10. The largest absolute Gasteiger partial charge is 0.306 e. The van der Waals surface area contributed by atoms with Crippen LogP contribution in [-0.4, -0.2) is 6.54 Å². The molecule has 0 aliphatic carbocycles. The summed E-state index contributed by atoms with van der Waals surface area (Å²) in [4.78, 5) is 1.24. The molecule has 1 unspecified atom stereocenters. The van der Waals surface area contributed by atoms with Crippen molar-refractivity contribution < 1.29 is 0 Å². The first kappa shape index (κ1) is 15.5. The average Bonchev–Trinajstić information content (AvgIpc) is 2.70. The summed E-state index contributed by atoms with van der Waals surface area (Å²) in [5, 5.41) is 3.52. The second kappa shape index (κ2) is 6.72. The molecule has 19 heavy (non-hydrogen) atoms. The van der Waals surface area contributed by atoms with Crippen LogP contribution in [0.15, 0.2) is 33.2 Å². The van der Waals surface area contributed by atoms with Crippen LogP contribution in [0, 0.1) is 6.92 Å². The van der Waals surface area contributed by atoms with Gasteiger partial charge in [-0.25, -0.2) is 0 Å². The highest BCUT2D eigenvalue weighted by molar-refractivity contribution is 9.11. The fraction of sp³-hybridized carbons (Fsp3) is 0.286. The van der Waals surface area contributed by atoms with Gasteiger partial charge >= 0.3 is 0 Å². The predicted molar refractivity (Wildman–Crippen MR) is 91.4 cm³/mol. The van der Waals surface area contributed by atoms with E-state index in [1.807, 2.05) is 13.0 Å². The Kier molecular flexibility index (Phi) is 5.49. The van der Waals surface area contributed by atoms with E-state index in [1.165, 1.54) is 10.4 Å². The van der Waals surface area contributed by atoms with Crippen molar-refractivity contribution in [2.75, 3.05) is 6.54 Å². The molecule has 1 aromatic heterocycles. The van der Waals surface area contributed by atoms with Crippen molar-refractivity contribution in [2.24, 2.45) is 0 Å². The van der Waals surface area contributed by atoms with Crippen molar-refractivity contribution >= 4 is 54.8 Å². The van der Waals surface area contributed by atoms with E-state index in [9.17, 15) is 0 Å². The van der Waals surface area contributed by atoms with Crippen LogP contribution in [0.4, 0.5) is 0 Å². The van der Waals surface area contributed by atoms with Gasteiger partial charge in [-0.15, -0.1) is 11.3 Å². The average molecular weight is 424 g/mol. The summed E-state index contributed by atoms with van der Waals surface area (Å²) in [7, 11) is 0. The zero-order chi connectivity index (χ0) is 14.0. The molecule has 0 spiro atoms. The van der Waals surface area contributed by atoms with Crippen molar-refractivity contribution in [1.29, 1.82) is 0 Å². The lowest BCUT2D eigenvalue weighted by atomic mass is 10.0. The third-order valence-corrected chi connectivity index (χ3v) is 5.67. The van der Waals surface area contributed by atoms with Crippen LogP contribution in [0.25, 0.3) is 0 Å². The molecule has 0 saturated heterocycles. The lowest BCUT2D eigenvalue weighted by Gasteiger charge is -2.18. The summed E-state index contributed by atoms with van der Waals surface area (Å²) in [6.07, 6.45) is 0. The molecule has 102 valence electrons. The van der Waals surface area contributed by atoms with Crippen LogP contribution in [0.1, 0.15) is 29.0 Å². The predicted octanol–water partition coefficient (Wildman–Crippen LogP) is 5.93. The van der Waals surface area contributed by atoms with Gasteiger partial charge in [-0.1, -0.05) is 50.4 Å². The highest BCUT2D eigenvalue weighted by Crippen LogP contribution is 2.37. The second-order valence-electron chi connectivity index (χ2n) is 4.26. The van der Waals surface area contributed by atoms with Crippen LogP contribution in [0.2, 0.25) is 4.34 Å². The second-order valence-corrected chi connectivity index (χ2v) is 7.72. The van der Waals surface area contributed by atoms with E-state index in [0.29, 0.717) is 0 Å². The van der Waals surface area contributed by atoms with E-state index in [0.717, 1.165) is 25.4 Å². The topological polar surface area (TPSA) is 12.0 Å². The minimum Gasteiger partial charge on any atom is -0.306 e. The molecule has 2 aromatic rings. The maximum atomic E-state index is 6.20. The highest BCUT2D eigenvalue weighted by Gasteiger charge is 2.19. The minimum atomic E-state index is 0.160. The van der Waals surface area contributed by atoms with Gasteiger partial charge in [-0.3, -0.25) is 0 Å². The van der Waals surface area contributed by atoms with Gasteiger partial charge in [0, 0.05) is 13.8 Å². The Labute approximate surface area is 139 Å². The molecule has 0 fully saturated rings. The monoisotopic (exact) mass is 421 g/mol. The molecule has 0 saturated carbocycles. The third kappa shape index (κ3) is 3.61. The molecule has 0 amide bonds. The quantitative estimate of drug-likeness (QED) is 0.642. The molecule has 0 aliphatic rings. The summed E-state index contributed by atoms with van der Waals surface area (Å²) < 4.78 is 3.04. The van der Waals surface area contributed by atoms with E-state index in [-0.39, 0.29) is 6.04 Å². The highest BCUT2D eigenvalue weighted by atomic mass is 79.9. The Morgan fingerprint density at radius 1 is 1.32 bits per heavy atom. The molecule has 0 radical (unpaired) electrons. The Morgan fingerprint density at radius 2 is 2.05 bits per heavy atom. The molecule has 1 aromatic carbocycles. The first-order chi connectivity index (χ1) is 9.02. The summed E-state index contributed by atoms with van der Waals surface area (Å²) in [6.45, 7) is 5.06. The molecular formula is C14H14Br2ClNS. The van der Waals surface area contributed by atoms with Gasteiger partial charge in [0.15, 0.2) is 0 Å². The lowest BCUT2D eigenvalue weighted by molar-refractivity contribution is 0.637. The van der Waals surface area contributed by atoms with Gasteiger partial charge in [0.25, 0.3) is 0 Å². The van der Waals surface area contributed by atoms with Crippen molar-refractivity contribution in [3.8, 4) is 0 Å². The smallest absolute Gasteiger partial charge is 0.0961 e. The van der Waals surface area contributed by atoms with Gasteiger partial charge in [-0.05, 0) is 48.9 Å². The third-order valence-electron chi connectivity index (χ3n) is 2.84. The zero-order valence-electron chi connectivity index (χ0n) is 10.6. The molecule has 2 rings (SSSR count). The van der Waals surface area contributed by atoms with Gasteiger partial charge in [-0.2, -0.15) is 0 Å². The number of hydrogen-bond acceptors (Lipinski definition) is 2. The molecular weight excluding hydrogens is 409 g/mol. The normalized spacial score (nSPS) is 12.7.